The molecule has 0 atom stereocenters. The maximum atomic E-state index is 11.6. The van der Waals surface area contributed by atoms with Gasteiger partial charge in [0, 0.05) is 13.1 Å². The minimum Gasteiger partial charge on any atom is -0.351 e. The molecule has 0 aliphatic heterocycles. The van der Waals surface area contributed by atoms with Crippen LogP contribution in [0, 0.1) is 12.3 Å². The summed E-state index contributed by atoms with van der Waals surface area (Å²) in [7, 11) is 4.05. The molecule has 102 valence electrons. The van der Waals surface area contributed by atoms with Gasteiger partial charge >= 0.3 is 0 Å². The molecule has 0 aliphatic carbocycles. The smallest absolute Gasteiger partial charge is 0.234 e. The molecule has 1 aromatic rings. The van der Waals surface area contributed by atoms with E-state index >= 15 is 0 Å². The molecule has 2 N–H and O–H groups in total. The van der Waals surface area contributed by atoms with Crippen molar-refractivity contribution < 1.29 is 4.79 Å². The molecule has 1 rings (SSSR count). The molecule has 4 heteroatoms. The number of rotatable bonds is 7. The molecule has 0 aromatic heterocycles. The zero-order valence-corrected chi connectivity index (χ0v) is 11.6. The van der Waals surface area contributed by atoms with Crippen molar-refractivity contribution in [2.75, 3.05) is 27.2 Å². The average molecular weight is 259 g/mol. The first-order valence-corrected chi connectivity index (χ1v) is 6.26. The number of nitrogens with one attached hydrogen (secondary N) is 2. The molecule has 19 heavy (non-hydrogen) atoms. The molecule has 4 nitrogen and oxygen atoms in total. The summed E-state index contributed by atoms with van der Waals surface area (Å²) in [6, 6.07) is 8.11. The number of amides is 1. The van der Waals surface area contributed by atoms with Gasteiger partial charge in [-0.05, 0) is 25.2 Å². The van der Waals surface area contributed by atoms with Gasteiger partial charge in [-0.3, -0.25) is 10.1 Å². The Labute approximate surface area is 115 Å². The fourth-order valence-electron chi connectivity index (χ4n) is 1.73. The van der Waals surface area contributed by atoms with E-state index in [1.54, 1.807) is 0 Å². The van der Waals surface area contributed by atoms with E-state index in [1.807, 2.05) is 32.3 Å². The summed E-state index contributed by atoms with van der Waals surface area (Å²) in [4.78, 5) is 13.7. The summed E-state index contributed by atoms with van der Waals surface area (Å²) in [6.07, 6.45) is 5.10. The third-order valence-corrected chi connectivity index (χ3v) is 2.59. The van der Waals surface area contributed by atoms with Gasteiger partial charge in [0.25, 0.3) is 0 Å². The van der Waals surface area contributed by atoms with Crippen molar-refractivity contribution in [1.82, 2.24) is 15.5 Å². The van der Waals surface area contributed by atoms with Crippen molar-refractivity contribution in [3.8, 4) is 12.3 Å². The van der Waals surface area contributed by atoms with E-state index in [2.05, 4.69) is 27.5 Å². The van der Waals surface area contributed by atoms with Crippen molar-refractivity contribution >= 4 is 5.91 Å². The van der Waals surface area contributed by atoms with Gasteiger partial charge in [0.15, 0.2) is 0 Å². The first-order valence-electron chi connectivity index (χ1n) is 6.26. The lowest BCUT2D eigenvalue weighted by molar-refractivity contribution is -0.120. The second kappa shape index (κ2) is 8.30. The molecule has 0 radical (unpaired) electrons. The summed E-state index contributed by atoms with van der Waals surface area (Å²) in [5.74, 6) is 2.38. The van der Waals surface area contributed by atoms with Crippen LogP contribution in [0.5, 0.6) is 0 Å². The summed E-state index contributed by atoms with van der Waals surface area (Å²) in [6.45, 7) is 2.06. The Morgan fingerprint density at radius 2 is 2.00 bits per heavy atom. The van der Waals surface area contributed by atoms with Gasteiger partial charge in [-0.15, -0.1) is 6.42 Å². The molecule has 0 unspecified atom stereocenters. The molecule has 0 spiro atoms. The molecular weight excluding hydrogens is 238 g/mol. The van der Waals surface area contributed by atoms with Gasteiger partial charge < -0.3 is 10.2 Å². The average Bonchev–Trinajstić information content (AvgIpc) is 2.37. The molecule has 1 aromatic carbocycles. The van der Waals surface area contributed by atoms with Gasteiger partial charge in [0.05, 0.1) is 13.1 Å². The minimum atomic E-state index is -0.0464. The molecule has 1 amide bonds. The summed E-state index contributed by atoms with van der Waals surface area (Å²) >= 11 is 0. The van der Waals surface area contributed by atoms with Crippen LogP contribution in [0.15, 0.2) is 24.3 Å². The Balaban J connectivity index is 2.48. The lowest BCUT2D eigenvalue weighted by Crippen LogP contribution is -2.33. The summed E-state index contributed by atoms with van der Waals surface area (Å²) < 4.78 is 0. The van der Waals surface area contributed by atoms with E-state index in [1.165, 1.54) is 5.56 Å². The van der Waals surface area contributed by atoms with Crippen molar-refractivity contribution in [3.05, 3.63) is 35.4 Å². The van der Waals surface area contributed by atoms with Crippen LogP contribution in [-0.2, 0) is 17.9 Å². The third kappa shape index (κ3) is 6.05. The minimum absolute atomic E-state index is 0.0464. The lowest BCUT2D eigenvalue weighted by atomic mass is 10.1. The van der Waals surface area contributed by atoms with Gasteiger partial charge in [-0.2, -0.15) is 0 Å². The van der Waals surface area contributed by atoms with Gasteiger partial charge in [-0.25, -0.2) is 0 Å². The first-order chi connectivity index (χ1) is 9.13. The van der Waals surface area contributed by atoms with Crippen molar-refractivity contribution in [2.24, 2.45) is 0 Å². The van der Waals surface area contributed by atoms with Crippen LogP contribution in [0.25, 0.3) is 0 Å². The fourth-order valence-corrected chi connectivity index (χ4v) is 1.73. The SMILES string of the molecule is C#CCNCC(=O)NCc1ccccc1CN(C)C. The van der Waals surface area contributed by atoms with Crippen LogP contribution >= 0.6 is 0 Å². The zero-order valence-electron chi connectivity index (χ0n) is 11.6. The fraction of sp³-hybridized carbons (Fsp3) is 0.400. The molecule has 0 heterocycles. The van der Waals surface area contributed by atoms with E-state index in [-0.39, 0.29) is 12.5 Å². The first kappa shape index (κ1) is 15.2. The summed E-state index contributed by atoms with van der Waals surface area (Å²) in [5.41, 5.74) is 2.37. The number of carbonyl (C=O) groups excluding carboxylic acids is 1. The van der Waals surface area contributed by atoms with E-state index in [0.717, 1.165) is 12.1 Å². The number of terminal acetylenes is 1. The highest BCUT2D eigenvalue weighted by Crippen LogP contribution is 2.10. The number of hydrogen-bond donors (Lipinski definition) is 2. The topological polar surface area (TPSA) is 44.4 Å². The highest BCUT2D eigenvalue weighted by molar-refractivity contribution is 5.78. The van der Waals surface area contributed by atoms with E-state index in [9.17, 15) is 4.79 Å². The van der Waals surface area contributed by atoms with E-state index < -0.39 is 0 Å². The largest absolute Gasteiger partial charge is 0.351 e. The Morgan fingerprint density at radius 1 is 1.32 bits per heavy atom. The van der Waals surface area contributed by atoms with Gasteiger partial charge in [0.2, 0.25) is 5.91 Å². The maximum absolute atomic E-state index is 11.6. The van der Waals surface area contributed by atoms with E-state index in [4.69, 9.17) is 6.42 Å². The number of benzene rings is 1. The predicted octanol–water partition coefficient (Wildman–Crippen LogP) is 0.587. The molecule has 0 saturated carbocycles. The normalized spacial score (nSPS) is 10.2. The van der Waals surface area contributed by atoms with Crippen LogP contribution in [0.1, 0.15) is 11.1 Å². The number of hydrogen-bond acceptors (Lipinski definition) is 3. The highest BCUT2D eigenvalue weighted by atomic mass is 16.1. The maximum Gasteiger partial charge on any atom is 0.234 e. The predicted molar refractivity (Wildman–Crippen MR) is 77.4 cm³/mol. The van der Waals surface area contributed by atoms with Crippen LogP contribution in [0.2, 0.25) is 0 Å². The molecule has 0 fully saturated rings. The van der Waals surface area contributed by atoms with E-state index in [0.29, 0.717) is 13.1 Å². The molecule has 0 saturated heterocycles. The van der Waals surface area contributed by atoms with Gasteiger partial charge in [-0.1, -0.05) is 30.2 Å². The monoisotopic (exact) mass is 259 g/mol. The highest BCUT2D eigenvalue weighted by Gasteiger charge is 2.05. The van der Waals surface area contributed by atoms with Gasteiger partial charge in [0.1, 0.15) is 0 Å². The number of carbonyl (C=O) groups is 1. The quantitative estimate of drug-likeness (QED) is 0.556. The second-order valence-corrected chi connectivity index (χ2v) is 4.59. The Bertz CT molecular complexity index is 449. The van der Waals surface area contributed by atoms with Crippen molar-refractivity contribution in [2.45, 2.75) is 13.1 Å². The van der Waals surface area contributed by atoms with Crippen LogP contribution in [0.4, 0.5) is 0 Å². The van der Waals surface area contributed by atoms with Crippen molar-refractivity contribution in [3.63, 3.8) is 0 Å². The summed E-state index contributed by atoms with van der Waals surface area (Å²) in [5, 5.41) is 5.74. The molecule has 0 aliphatic rings. The molecule has 0 bridgehead atoms. The second-order valence-electron chi connectivity index (χ2n) is 4.59. The Kier molecular flexibility index (Phi) is 6.65. The van der Waals surface area contributed by atoms with Crippen LogP contribution in [-0.4, -0.2) is 38.0 Å². The third-order valence-electron chi connectivity index (χ3n) is 2.59. The zero-order chi connectivity index (χ0) is 14.1. The number of nitrogens with zero attached hydrogens (tertiary/aromatic N) is 1. The standard InChI is InChI=1S/C15H21N3O/c1-4-9-16-11-15(19)17-10-13-7-5-6-8-14(13)12-18(2)3/h1,5-8,16H,9-12H2,2-3H3,(H,17,19). The van der Waals surface area contributed by atoms with Crippen molar-refractivity contribution in [1.29, 1.82) is 0 Å². The molecular formula is C15H21N3O. The van der Waals surface area contributed by atoms with Crippen LogP contribution < -0.4 is 10.6 Å². The Hall–Kier alpha value is -1.83. The van der Waals surface area contributed by atoms with Crippen LogP contribution in [0.3, 0.4) is 0 Å². The Morgan fingerprint density at radius 3 is 2.63 bits per heavy atom. The lowest BCUT2D eigenvalue weighted by Gasteiger charge is -2.14.